The molecule has 1 heterocycles. The third-order valence-corrected chi connectivity index (χ3v) is 3.66. The predicted molar refractivity (Wildman–Crippen MR) is 71.5 cm³/mol. The van der Waals surface area contributed by atoms with E-state index < -0.39 is 0 Å². The lowest BCUT2D eigenvalue weighted by atomic mass is 9.97. The largest absolute Gasteiger partial charge is 0.484 e. The molecule has 1 aromatic carbocycles. The average Bonchev–Trinajstić information content (AvgIpc) is 2.38. The quantitative estimate of drug-likeness (QED) is 0.841. The Kier molecular flexibility index (Phi) is 4.40. The van der Waals surface area contributed by atoms with Gasteiger partial charge in [0.15, 0.2) is 6.61 Å². The summed E-state index contributed by atoms with van der Waals surface area (Å²) >= 11 is 0. The number of carbonyl (C=O) groups excluding carboxylic acids is 1. The first-order valence-corrected chi connectivity index (χ1v) is 6.77. The molecule has 1 saturated heterocycles. The van der Waals surface area contributed by atoms with Gasteiger partial charge < -0.3 is 9.64 Å². The number of likely N-dealkylation sites (tertiary alicyclic amines) is 1. The molecule has 0 radical (unpaired) electrons. The number of amides is 1. The summed E-state index contributed by atoms with van der Waals surface area (Å²) in [5, 5.41) is 0. The molecule has 19 heavy (non-hydrogen) atoms. The molecule has 104 valence electrons. The highest BCUT2D eigenvalue weighted by molar-refractivity contribution is 5.78. The van der Waals surface area contributed by atoms with E-state index in [1.165, 1.54) is 30.7 Å². The third kappa shape index (κ3) is 3.46. The molecular weight excluding hydrogens is 245 g/mol. The van der Waals surface area contributed by atoms with Gasteiger partial charge in [0.25, 0.3) is 5.91 Å². The summed E-state index contributed by atoms with van der Waals surface area (Å²) in [6.07, 6.45) is 3.27. The van der Waals surface area contributed by atoms with Gasteiger partial charge in [-0.3, -0.25) is 4.79 Å². The molecule has 0 aromatic heterocycles. The van der Waals surface area contributed by atoms with Crippen molar-refractivity contribution in [3.05, 3.63) is 30.1 Å². The topological polar surface area (TPSA) is 29.5 Å². The second-order valence-electron chi connectivity index (χ2n) is 5.17. The van der Waals surface area contributed by atoms with Crippen LogP contribution in [0.4, 0.5) is 4.39 Å². The molecule has 4 heteroatoms. The normalized spacial score (nSPS) is 23.2. The minimum atomic E-state index is -0.308. The smallest absolute Gasteiger partial charge is 0.260 e. The van der Waals surface area contributed by atoms with E-state index in [-0.39, 0.29) is 30.4 Å². The molecule has 1 amide bonds. The highest BCUT2D eigenvalue weighted by atomic mass is 19.1. The molecular formula is C15H20FNO2. The molecule has 1 aromatic rings. The van der Waals surface area contributed by atoms with Gasteiger partial charge in [-0.15, -0.1) is 0 Å². The van der Waals surface area contributed by atoms with Crippen LogP contribution in [0.3, 0.4) is 0 Å². The zero-order valence-corrected chi connectivity index (χ0v) is 11.4. The number of benzene rings is 1. The van der Waals surface area contributed by atoms with Crippen LogP contribution >= 0.6 is 0 Å². The Morgan fingerprint density at radius 2 is 1.84 bits per heavy atom. The Balaban J connectivity index is 1.91. The lowest BCUT2D eigenvalue weighted by molar-refractivity contribution is -0.139. The maximum absolute atomic E-state index is 12.7. The van der Waals surface area contributed by atoms with Crippen LogP contribution in [0.25, 0.3) is 0 Å². The van der Waals surface area contributed by atoms with Gasteiger partial charge in [-0.25, -0.2) is 4.39 Å². The Hall–Kier alpha value is -1.58. The zero-order chi connectivity index (χ0) is 13.8. The summed E-state index contributed by atoms with van der Waals surface area (Å²) < 4.78 is 18.2. The number of halogens is 1. The van der Waals surface area contributed by atoms with Gasteiger partial charge in [0.05, 0.1) is 0 Å². The molecule has 0 saturated carbocycles. The standard InChI is InChI=1S/C15H20FNO2/c1-11-4-3-5-12(2)17(11)15(18)10-19-14-8-6-13(16)7-9-14/h6-9,11-12H,3-5,10H2,1-2H3/t11-,12-/m0/s1. The van der Waals surface area contributed by atoms with Crippen molar-refractivity contribution in [1.82, 2.24) is 4.90 Å². The van der Waals surface area contributed by atoms with Crippen LogP contribution in [-0.2, 0) is 4.79 Å². The van der Waals surface area contributed by atoms with E-state index in [2.05, 4.69) is 13.8 Å². The average molecular weight is 265 g/mol. The fourth-order valence-corrected chi connectivity index (χ4v) is 2.66. The van der Waals surface area contributed by atoms with E-state index >= 15 is 0 Å². The Bertz CT molecular complexity index is 422. The summed E-state index contributed by atoms with van der Waals surface area (Å²) in [4.78, 5) is 14.1. The number of nitrogens with zero attached hydrogens (tertiary/aromatic N) is 1. The maximum Gasteiger partial charge on any atom is 0.260 e. The molecule has 1 aliphatic heterocycles. The van der Waals surface area contributed by atoms with Gasteiger partial charge in [0.1, 0.15) is 11.6 Å². The number of hydrogen-bond acceptors (Lipinski definition) is 2. The summed E-state index contributed by atoms with van der Waals surface area (Å²) in [5.41, 5.74) is 0. The highest BCUT2D eigenvalue weighted by Crippen LogP contribution is 2.22. The first kappa shape index (κ1) is 13.8. The number of hydrogen-bond donors (Lipinski definition) is 0. The molecule has 0 N–H and O–H groups in total. The van der Waals surface area contributed by atoms with Gasteiger partial charge >= 0.3 is 0 Å². The van der Waals surface area contributed by atoms with Crippen LogP contribution in [-0.4, -0.2) is 29.5 Å². The third-order valence-electron chi connectivity index (χ3n) is 3.66. The number of ether oxygens (including phenoxy) is 1. The number of rotatable bonds is 3. The summed E-state index contributed by atoms with van der Waals surface area (Å²) in [5.74, 6) is 0.216. The van der Waals surface area contributed by atoms with E-state index in [0.29, 0.717) is 5.75 Å². The molecule has 2 atom stereocenters. The lowest BCUT2D eigenvalue weighted by Gasteiger charge is -2.38. The minimum absolute atomic E-state index is 0.00373. The Labute approximate surface area is 113 Å². The molecule has 2 rings (SSSR count). The van der Waals surface area contributed by atoms with Gasteiger partial charge in [0, 0.05) is 12.1 Å². The van der Waals surface area contributed by atoms with Crippen LogP contribution in [0, 0.1) is 5.82 Å². The second kappa shape index (κ2) is 6.04. The molecule has 1 aliphatic rings. The van der Waals surface area contributed by atoms with Gasteiger partial charge in [0.2, 0.25) is 0 Å². The van der Waals surface area contributed by atoms with Crippen LogP contribution in [0.2, 0.25) is 0 Å². The van der Waals surface area contributed by atoms with Gasteiger partial charge in [-0.1, -0.05) is 0 Å². The van der Waals surface area contributed by atoms with E-state index in [4.69, 9.17) is 4.74 Å². The van der Waals surface area contributed by atoms with Crippen LogP contribution < -0.4 is 4.74 Å². The minimum Gasteiger partial charge on any atom is -0.484 e. The predicted octanol–water partition coefficient (Wildman–Crippen LogP) is 2.99. The maximum atomic E-state index is 12.7. The second-order valence-corrected chi connectivity index (χ2v) is 5.17. The van der Waals surface area contributed by atoms with Crippen molar-refractivity contribution in [2.45, 2.75) is 45.2 Å². The Morgan fingerprint density at radius 3 is 2.42 bits per heavy atom. The van der Waals surface area contributed by atoms with Crippen molar-refractivity contribution in [2.24, 2.45) is 0 Å². The van der Waals surface area contributed by atoms with Crippen molar-refractivity contribution < 1.29 is 13.9 Å². The summed E-state index contributed by atoms with van der Waals surface area (Å²) in [6, 6.07) is 6.26. The van der Waals surface area contributed by atoms with Crippen LogP contribution in [0.15, 0.2) is 24.3 Å². The highest BCUT2D eigenvalue weighted by Gasteiger charge is 2.28. The first-order valence-electron chi connectivity index (χ1n) is 6.77. The zero-order valence-electron chi connectivity index (χ0n) is 11.4. The molecule has 3 nitrogen and oxygen atoms in total. The molecule has 0 unspecified atom stereocenters. The summed E-state index contributed by atoms with van der Waals surface area (Å²) in [7, 11) is 0. The number of piperidine rings is 1. The Morgan fingerprint density at radius 1 is 1.26 bits per heavy atom. The van der Waals surface area contributed by atoms with Crippen molar-refractivity contribution in [2.75, 3.05) is 6.61 Å². The van der Waals surface area contributed by atoms with Crippen molar-refractivity contribution in [1.29, 1.82) is 0 Å². The first-order chi connectivity index (χ1) is 9.08. The fraction of sp³-hybridized carbons (Fsp3) is 0.533. The van der Waals surface area contributed by atoms with Gasteiger partial charge in [-0.2, -0.15) is 0 Å². The van der Waals surface area contributed by atoms with Crippen LogP contribution in [0.5, 0.6) is 5.75 Å². The SMILES string of the molecule is C[C@H]1CCC[C@H](C)N1C(=O)COc1ccc(F)cc1. The van der Waals surface area contributed by atoms with Crippen LogP contribution in [0.1, 0.15) is 33.1 Å². The molecule has 0 bridgehead atoms. The van der Waals surface area contributed by atoms with Gasteiger partial charge in [-0.05, 0) is 57.4 Å². The lowest BCUT2D eigenvalue weighted by Crippen LogP contribution is -2.49. The molecule has 0 aliphatic carbocycles. The van der Waals surface area contributed by atoms with Crippen molar-refractivity contribution in [3.8, 4) is 5.75 Å². The molecule has 0 spiro atoms. The monoisotopic (exact) mass is 265 g/mol. The summed E-state index contributed by atoms with van der Waals surface area (Å²) in [6.45, 7) is 4.16. The fourth-order valence-electron chi connectivity index (χ4n) is 2.66. The van der Waals surface area contributed by atoms with Crippen molar-refractivity contribution >= 4 is 5.91 Å². The van der Waals surface area contributed by atoms with E-state index in [9.17, 15) is 9.18 Å². The molecule has 1 fully saturated rings. The van der Waals surface area contributed by atoms with Crippen molar-refractivity contribution in [3.63, 3.8) is 0 Å². The van der Waals surface area contributed by atoms with E-state index in [1.54, 1.807) is 0 Å². The number of carbonyl (C=O) groups is 1. The van der Waals surface area contributed by atoms with E-state index in [1.807, 2.05) is 4.90 Å². The van der Waals surface area contributed by atoms with E-state index in [0.717, 1.165) is 12.8 Å².